The molecule has 0 unspecified atom stereocenters. The van der Waals surface area contributed by atoms with Gasteiger partial charge in [-0.05, 0) is 18.6 Å². The third-order valence-electron chi connectivity index (χ3n) is 3.68. The van der Waals surface area contributed by atoms with Crippen molar-refractivity contribution in [1.82, 2.24) is 19.7 Å². The lowest BCUT2D eigenvalue weighted by atomic mass is 10.2. The number of nitrogens with zero attached hydrogens (tertiary/aromatic N) is 4. The number of hydrogen-bond donors (Lipinski definition) is 2. The molecule has 0 aromatic carbocycles. The van der Waals surface area contributed by atoms with Crippen molar-refractivity contribution in [2.45, 2.75) is 13.0 Å². The molecular weight excluding hydrogens is 298 g/mol. The number of hydrogen-bond acceptors (Lipinski definition) is 5. The predicted octanol–water partition coefficient (Wildman–Crippen LogP) is 0.934. The van der Waals surface area contributed by atoms with Crippen molar-refractivity contribution >= 4 is 17.6 Å². The van der Waals surface area contributed by atoms with Gasteiger partial charge in [0, 0.05) is 38.1 Å². The van der Waals surface area contributed by atoms with Crippen LogP contribution in [0.25, 0.3) is 0 Å². The molecule has 0 bridgehead atoms. The number of carbonyl (C=O) groups excluding carboxylic acids is 1. The lowest BCUT2D eigenvalue weighted by molar-refractivity contribution is 0.0677. The van der Waals surface area contributed by atoms with Crippen molar-refractivity contribution in [3.63, 3.8) is 0 Å². The first-order chi connectivity index (χ1) is 11.1. The lowest BCUT2D eigenvalue weighted by Crippen LogP contribution is -2.41. The van der Waals surface area contributed by atoms with Gasteiger partial charge in [-0.1, -0.05) is 0 Å². The minimum Gasteiger partial charge on any atom is -0.476 e. The van der Waals surface area contributed by atoms with E-state index in [9.17, 15) is 9.59 Å². The third kappa shape index (κ3) is 3.31. The first-order valence-corrected chi connectivity index (χ1v) is 7.39. The number of carboxylic acid groups (broad SMARTS) is 1. The number of pyridine rings is 1. The number of amides is 1. The average Bonchev–Trinajstić information content (AvgIpc) is 3.00. The fourth-order valence-electron chi connectivity index (χ4n) is 2.53. The molecule has 2 aromatic heterocycles. The van der Waals surface area contributed by atoms with Crippen LogP contribution >= 0.6 is 0 Å². The highest BCUT2D eigenvalue weighted by Gasteiger charge is 2.27. The van der Waals surface area contributed by atoms with Crippen LogP contribution in [0.3, 0.4) is 0 Å². The van der Waals surface area contributed by atoms with Crippen molar-refractivity contribution in [3.05, 3.63) is 42.0 Å². The molecule has 1 aliphatic rings. The fourth-order valence-corrected chi connectivity index (χ4v) is 2.53. The number of anilines is 1. The van der Waals surface area contributed by atoms with E-state index in [0.29, 0.717) is 25.3 Å². The quantitative estimate of drug-likeness (QED) is 0.769. The van der Waals surface area contributed by atoms with E-state index in [4.69, 9.17) is 5.11 Å². The van der Waals surface area contributed by atoms with Gasteiger partial charge in [0.05, 0.1) is 12.2 Å². The number of carboxylic acids is 1. The van der Waals surface area contributed by atoms with Gasteiger partial charge < -0.3 is 15.3 Å². The summed E-state index contributed by atoms with van der Waals surface area (Å²) in [5.41, 5.74) is 1.20. The molecule has 3 rings (SSSR count). The summed E-state index contributed by atoms with van der Waals surface area (Å²) in [5, 5.41) is 16.1. The summed E-state index contributed by atoms with van der Waals surface area (Å²) < 4.78 is 1.47. The van der Waals surface area contributed by atoms with Crippen LogP contribution in [0.2, 0.25) is 0 Å². The van der Waals surface area contributed by atoms with E-state index in [1.165, 1.54) is 10.7 Å². The number of nitrogens with one attached hydrogen (secondary N) is 1. The first-order valence-electron chi connectivity index (χ1n) is 7.39. The van der Waals surface area contributed by atoms with Crippen LogP contribution in [0.15, 0.2) is 30.6 Å². The summed E-state index contributed by atoms with van der Waals surface area (Å²) in [5.74, 6) is -1.29. The minimum absolute atomic E-state index is 0.0894. The Morgan fingerprint density at radius 2 is 2.26 bits per heavy atom. The Labute approximate surface area is 132 Å². The average molecular weight is 315 g/mol. The lowest BCUT2D eigenvalue weighted by Gasteiger charge is -2.27. The Morgan fingerprint density at radius 3 is 3.00 bits per heavy atom. The van der Waals surface area contributed by atoms with E-state index < -0.39 is 5.97 Å². The summed E-state index contributed by atoms with van der Waals surface area (Å²) in [6.07, 6.45) is 4.25. The van der Waals surface area contributed by atoms with E-state index in [1.807, 2.05) is 12.1 Å². The van der Waals surface area contributed by atoms with Crippen molar-refractivity contribution in [2.75, 3.05) is 25.0 Å². The van der Waals surface area contributed by atoms with Crippen LogP contribution in [-0.2, 0) is 6.54 Å². The van der Waals surface area contributed by atoms with E-state index in [0.717, 1.165) is 18.7 Å². The van der Waals surface area contributed by atoms with Crippen LogP contribution in [0.1, 0.15) is 27.4 Å². The molecule has 1 amide bonds. The highest BCUT2D eigenvalue weighted by atomic mass is 16.4. The molecule has 8 heteroatoms. The molecule has 0 atom stereocenters. The van der Waals surface area contributed by atoms with Crippen LogP contribution < -0.4 is 5.32 Å². The number of aromatic nitrogens is 3. The number of fused-ring (bicyclic) bond motifs is 1. The Balaban J connectivity index is 1.53. The largest absolute Gasteiger partial charge is 0.476 e. The van der Waals surface area contributed by atoms with Crippen LogP contribution in [-0.4, -0.2) is 56.3 Å². The molecule has 8 nitrogen and oxygen atoms in total. The smallest absolute Gasteiger partial charge is 0.356 e. The number of aromatic carboxylic acids is 1. The predicted molar refractivity (Wildman–Crippen MR) is 82.4 cm³/mol. The molecule has 23 heavy (non-hydrogen) atoms. The molecule has 1 aliphatic heterocycles. The molecule has 3 heterocycles. The second-order valence-electron chi connectivity index (χ2n) is 5.26. The summed E-state index contributed by atoms with van der Waals surface area (Å²) in [6.45, 7) is 2.40. The van der Waals surface area contributed by atoms with Crippen LogP contribution in [0.5, 0.6) is 0 Å². The molecule has 120 valence electrons. The molecule has 0 saturated carbocycles. The van der Waals surface area contributed by atoms with Gasteiger partial charge in [-0.3, -0.25) is 14.5 Å². The maximum absolute atomic E-state index is 12.4. The van der Waals surface area contributed by atoms with Crippen LogP contribution in [0.4, 0.5) is 5.69 Å². The highest BCUT2D eigenvalue weighted by molar-refractivity contribution is 5.96. The normalized spacial score (nSPS) is 13.7. The zero-order valence-corrected chi connectivity index (χ0v) is 12.5. The fraction of sp³-hybridized carbons (Fsp3) is 0.333. The summed E-state index contributed by atoms with van der Waals surface area (Å²) in [7, 11) is 0. The van der Waals surface area contributed by atoms with E-state index in [1.54, 1.807) is 17.3 Å². The molecule has 0 spiro atoms. The third-order valence-corrected chi connectivity index (χ3v) is 3.68. The standard InChI is InChI=1S/C15H17N5O3/c21-14-13-9-12(15(22)23)18-20(13)8-7-19(14)6-2-5-17-11-3-1-4-16-10-11/h1,3-4,9-10,17H,2,5-8H2,(H,22,23). The summed E-state index contributed by atoms with van der Waals surface area (Å²) in [6, 6.07) is 5.13. The van der Waals surface area contributed by atoms with Gasteiger partial charge in [-0.25, -0.2) is 4.79 Å². The topological polar surface area (TPSA) is 100 Å². The Bertz CT molecular complexity index is 713. The molecule has 2 aromatic rings. The Hall–Kier alpha value is -2.90. The van der Waals surface area contributed by atoms with Gasteiger partial charge >= 0.3 is 5.97 Å². The highest BCUT2D eigenvalue weighted by Crippen LogP contribution is 2.14. The van der Waals surface area contributed by atoms with Gasteiger partial charge in [0.1, 0.15) is 5.69 Å². The van der Waals surface area contributed by atoms with Crippen molar-refractivity contribution in [1.29, 1.82) is 0 Å². The number of rotatable bonds is 6. The number of carbonyl (C=O) groups is 2. The zero-order valence-electron chi connectivity index (χ0n) is 12.5. The second kappa shape index (κ2) is 6.47. The van der Waals surface area contributed by atoms with Crippen molar-refractivity contribution in [2.24, 2.45) is 0 Å². The zero-order chi connectivity index (χ0) is 16.2. The van der Waals surface area contributed by atoms with Gasteiger partial charge in [0.2, 0.25) is 0 Å². The second-order valence-corrected chi connectivity index (χ2v) is 5.26. The molecule has 0 aliphatic carbocycles. The molecule has 2 N–H and O–H groups in total. The van der Waals surface area contributed by atoms with Crippen LogP contribution in [0, 0.1) is 0 Å². The van der Waals surface area contributed by atoms with Crippen molar-refractivity contribution in [3.8, 4) is 0 Å². The SMILES string of the molecule is O=C(O)c1cc2n(n1)CCN(CCCNc1cccnc1)C2=O. The Kier molecular flexibility index (Phi) is 4.22. The van der Waals surface area contributed by atoms with Gasteiger partial charge in [0.15, 0.2) is 5.69 Å². The minimum atomic E-state index is -1.12. The maximum Gasteiger partial charge on any atom is 0.356 e. The van der Waals surface area contributed by atoms with Crippen molar-refractivity contribution < 1.29 is 14.7 Å². The summed E-state index contributed by atoms with van der Waals surface area (Å²) in [4.78, 5) is 29.0. The molecule has 0 fully saturated rings. The monoisotopic (exact) mass is 315 g/mol. The molecular formula is C15H17N5O3. The molecule has 0 radical (unpaired) electrons. The van der Waals surface area contributed by atoms with E-state index >= 15 is 0 Å². The Morgan fingerprint density at radius 1 is 1.39 bits per heavy atom. The van der Waals surface area contributed by atoms with E-state index in [-0.39, 0.29) is 11.6 Å². The molecule has 0 saturated heterocycles. The van der Waals surface area contributed by atoms with Gasteiger partial charge in [-0.2, -0.15) is 5.10 Å². The van der Waals surface area contributed by atoms with E-state index in [2.05, 4.69) is 15.4 Å². The maximum atomic E-state index is 12.4. The van der Waals surface area contributed by atoms with Gasteiger partial charge in [-0.15, -0.1) is 0 Å². The summed E-state index contributed by atoms with van der Waals surface area (Å²) >= 11 is 0. The first kappa shape index (κ1) is 15.0. The van der Waals surface area contributed by atoms with Gasteiger partial charge in [0.25, 0.3) is 5.91 Å².